The Balaban J connectivity index is 1.63. The van der Waals surface area contributed by atoms with Gasteiger partial charge in [-0.15, -0.1) is 0 Å². The van der Waals surface area contributed by atoms with Crippen LogP contribution in [-0.4, -0.2) is 49.6 Å². The first-order valence-electron chi connectivity index (χ1n) is 9.87. The zero-order valence-corrected chi connectivity index (χ0v) is 17.4. The lowest BCUT2D eigenvalue weighted by Gasteiger charge is -2.33. The van der Waals surface area contributed by atoms with Gasteiger partial charge in [-0.1, -0.05) is 30.3 Å². The summed E-state index contributed by atoms with van der Waals surface area (Å²) in [4.78, 5) is 28.8. The molecule has 2 amide bonds. The number of carbonyl (C=O) groups is 2. The molecule has 0 aliphatic carbocycles. The van der Waals surface area contributed by atoms with Crippen LogP contribution in [0.1, 0.15) is 25.8 Å². The molecule has 6 nitrogen and oxygen atoms in total. The van der Waals surface area contributed by atoms with Crippen molar-refractivity contribution in [3.05, 3.63) is 54.1 Å². The molecule has 3 rings (SSSR count). The largest absolute Gasteiger partial charge is 0.496 e. The fourth-order valence-electron chi connectivity index (χ4n) is 3.55. The van der Waals surface area contributed by atoms with Crippen LogP contribution in [0.3, 0.4) is 0 Å². The first-order chi connectivity index (χ1) is 13.9. The number of fused-ring (bicyclic) bond motifs is 1. The van der Waals surface area contributed by atoms with Crippen LogP contribution in [0.5, 0.6) is 11.5 Å². The van der Waals surface area contributed by atoms with Gasteiger partial charge in [-0.2, -0.15) is 0 Å². The molecular weight excluding hydrogens is 368 g/mol. The van der Waals surface area contributed by atoms with Gasteiger partial charge in [-0.3, -0.25) is 9.59 Å². The minimum absolute atomic E-state index is 0.00294. The van der Waals surface area contributed by atoms with Gasteiger partial charge in [0.05, 0.1) is 12.8 Å². The molecule has 0 radical (unpaired) electrons. The number of benzene rings is 2. The van der Waals surface area contributed by atoms with E-state index < -0.39 is 6.10 Å². The van der Waals surface area contributed by atoms with Crippen molar-refractivity contribution in [3.63, 3.8) is 0 Å². The number of anilines is 1. The predicted molar refractivity (Wildman–Crippen MR) is 112 cm³/mol. The molecule has 2 aromatic carbocycles. The molecular formula is C23H28N2O4. The molecule has 154 valence electrons. The molecule has 2 atom stereocenters. The van der Waals surface area contributed by atoms with Crippen molar-refractivity contribution < 1.29 is 19.1 Å². The highest BCUT2D eigenvalue weighted by Crippen LogP contribution is 2.33. The summed E-state index contributed by atoms with van der Waals surface area (Å²) in [5, 5.41) is 0. The fraction of sp³-hybridized carbons (Fsp3) is 0.391. The van der Waals surface area contributed by atoms with Crippen LogP contribution in [0.4, 0.5) is 5.69 Å². The van der Waals surface area contributed by atoms with Crippen molar-refractivity contribution in [1.82, 2.24) is 4.90 Å². The van der Waals surface area contributed by atoms with Crippen molar-refractivity contribution in [1.29, 1.82) is 0 Å². The maximum Gasteiger partial charge on any atom is 0.267 e. The Morgan fingerprint density at radius 1 is 1.21 bits per heavy atom. The normalized spacial score (nSPS) is 16.6. The third-order valence-corrected chi connectivity index (χ3v) is 5.39. The van der Waals surface area contributed by atoms with E-state index in [1.165, 1.54) is 0 Å². The molecule has 1 aliphatic rings. The van der Waals surface area contributed by atoms with E-state index in [1.807, 2.05) is 55.5 Å². The molecule has 0 unspecified atom stereocenters. The lowest BCUT2D eigenvalue weighted by molar-refractivity contribution is -0.131. The number of hydrogen-bond acceptors (Lipinski definition) is 4. The van der Waals surface area contributed by atoms with Crippen molar-refractivity contribution in [2.75, 3.05) is 25.6 Å². The van der Waals surface area contributed by atoms with E-state index in [9.17, 15) is 9.59 Å². The number of nitrogens with zero attached hydrogens (tertiary/aromatic N) is 2. The average Bonchev–Trinajstić information content (AvgIpc) is 2.73. The Labute approximate surface area is 172 Å². The van der Waals surface area contributed by atoms with E-state index in [2.05, 4.69) is 0 Å². The predicted octanol–water partition coefficient (Wildman–Crippen LogP) is 3.29. The maximum atomic E-state index is 12.8. The summed E-state index contributed by atoms with van der Waals surface area (Å²) >= 11 is 0. The van der Waals surface area contributed by atoms with Gasteiger partial charge >= 0.3 is 0 Å². The van der Waals surface area contributed by atoms with Crippen molar-refractivity contribution in [3.8, 4) is 11.5 Å². The summed E-state index contributed by atoms with van der Waals surface area (Å²) in [6, 6.07) is 15.3. The maximum absolute atomic E-state index is 12.8. The highest BCUT2D eigenvalue weighted by atomic mass is 16.5. The Morgan fingerprint density at radius 3 is 2.66 bits per heavy atom. The van der Waals surface area contributed by atoms with Crippen molar-refractivity contribution in [2.24, 2.45) is 0 Å². The second-order valence-electron chi connectivity index (χ2n) is 7.34. The minimum atomic E-state index is -0.554. The van der Waals surface area contributed by atoms with E-state index >= 15 is 0 Å². The Hall–Kier alpha value is -3.02. The van der Waals surface area contributed by atoms with E-state index in [4.69, 9.17) is 9.47 Å². The van der Waals surface area contributed by atoms with Gasteiger partial charge in [0.1, 0.15) is 11.5 Å². The van der Waals surface area contributed by atoms with Crippen LogP contribution in [0.15, 0.2) is 48.5 Å². The second kappa shape index (κ2) is 8.99. The molecule has 1 aliphatic heterocycles. The number of likely N-dealkylation sites (N-methyl/N-ethyl adjacent to an activating group) is 1. The van der Waals surface area contributed by atoms with Gasteiger partial charge in [-0.05, 0) is 44.0 Å². The van der Waals surface area contributed by atoms with Crippen LogP contribution in [0, 0.1) is 0 Å². The van der Waals surface area contributed by atoms with Crippen LogP contribution in [-0.2, 0) is 16.0 Å². The summed E-state index contributed by atoms with van der Waals surface area (Å²) in [7, 11) is 3.46. The van der Waals surface area contributed by atoms with Gasteiger partial charge in [-0.25, -0.2) is 0 Å². The first kappa shape index (κ1) is 20.7. The zero-order chi connectivity index (χ0) is 21.0. The molecule has 2 aromatic rings. The van der Waals surface area contributed by atoms with E-state index in [0.717, 1.165) is 11.3 Å². The number of methoxy groups -OCH3 is 1. The van der Waals surface area contributed by atoms with E-state index in [1.54, 1.807) is 30.9 Å². The summed E-state index contributed by atoms with van der Waals surface area (Å²) in [6.45, 7) is 4.07. The zero-order valence-electron chi connectivity index (χ0n) is 17.4. The molecule has 0 aromatic heterocycles. The number of hydrogen-bond donors (Lipinski definition) is 0. The third kappa shape index (κ3) is 4.53. The molecule has 29 heavy (non-hydrogen) atoms. The van der Waals surface area contributed by atoms with Crippen LogP contribution in [0.2, 0.25) is 0 Å². The summed E-state index contributed by atoms with van der Waals surface area (Å²) in [5.74, 6) is 1.37. The highest BCUT2D eigenvalue weighted by Gasteiger charge is 2.31. The Morgan fingerprint density at radius 2 is 1.90 bits per heavy atom. The number of ether oxygens (including phenoxy) is 2. The van der Waals surface area contributed by atoms with Gasteiger partial charge < -0.3 is 19.3 Å². The smallest absolute Gasteiger partial charge is 0.267 e. The number of carbonyl (C=O) groups excluding carboxylic acids is 2. The van der Waals surface area contributed by atoms with Crippen LogP contribution < -0.4 is 14.4 Å². The molecule has 0 saturated carbocycles. The molecule has 0 fully saturated rings. The minimum Gasteiger partial charge on any atom is -0.496 e. The van der Waals surface area contributed by atoms with Crippen molar-refractivity contribution >= 4 is 17.5 Å². The quantitative estimate of drug-likeness (QED) is 0.721. The van der Waals surface area contributed by atoms with Gasteiger partial charge in [0, 0.05) is 26.1 Å². The second-order valence-corrected chi connectivity index (χ2v) is 7.34. The third-order valence-electron chi connectivity index (χ3n) is 5.39. The molecule has 0 N–H and O–H groups in total. The van der Waals surface area contributed by atoms with Crippen molar-refractivity contribution in [2.45, 2.75) is 38.8 Å². The fourth-order valence-corrected chi connectivity index (χ4v) is 3.55. The topological polar surface area (TPSA) is 59.1 Å². The standard InChI is InChI=1S/C23H28N2O4/c1-16(15-18-9-5-7-11-20(18)28-4)24(3)22(26)13-14-25-19-10-6-8-12-21(19)29-17(2)23(25)27/h5-12,16-17H,13-15H2,1-4H3/t16-,17+/m1/s1. The Kier molecular flexibility index (Phi) is 6.42. The first-order valence-corrected chi connectivity index (χ1v) is 9.87. The van der Waals surface area contributed by atoms with Crippen LogP contribution in [0.25, 0.3) is 0 Å². The van der Waals surface area contributed by atoms with E-state index in [0.29, 0.717) is 24.4 Å². The highest BCUT2D eigenvalue weighted by molar-refractivity contribution is 6.00. The lowest BCUT2D eigenvalue weighted by Crippen LogP contribution is -2.46. The molecule has 0 spiro atoms. The summed E-state index contributed by atoms with van der Waals surface area (Å²) in [5.41, 5.74) is 1.78. The summed E-state index contributed by atoms with van der Waals surface area (Å²) < 4.78 is 11.1. The number of amides is 2. The number of para-hydroxylation sites is 3. The Bertz CT molecular complexity index is 883. The monoisotopic (exact) mass is 396 g/mol. The SMILES string of the molecule is COc1ccccc1C[C@@H](C)N(C)C(=O)CCN1C(=O)[C@H](C)Oc2ccccc21. The van der Waals surface area contributed by atoms with Gasteiger partial charge in [0.15, 0.2) is 6.10 Å². The average molecular weight is 396 g/mol. The molecule has 6 heteroatoms. The van der Waals surface area contributed by atoms with Gasteiger partial charge in [0.2, 0.25) is 5.91 Å². The number of rotatable bonds is 7. The molecule has 0 bridgehead atoms. The van der Waals surface area contributed by atoms with E-state index in [-0.39, 0.29) is 24.3 Å². The van der Waals surface area contributed by atoms with Gasteiger partial charge in [0.25, 0.3) is 5.91 Å². The molecule has 1 heterocycles. The molecule has 0 saturated heterocycles. The summed E-state index contributed by atoms with van der Waals surface area (Å²) in [6.07, 6.45) is 0.393. The lowest BCUT2D eigenvalue weighted by atomic mass is 10.0. The van der Waals surface area contributed by atoms with Crippen LogP contribution >= 0.6 is 0 Å².